The van der Waals surface area contributed by atoms with Gasteiger partial charge in [0.1, 0.15) is 11.6 Å². The quantitative estimate of drug-likeness (QED) is 0.741. The summed E-state index contributed by atoms with van der Waals surface area (Å²) in [4.78, 5) is 8.90. The molecule has 1 aromatic heterocycles. The Hall–Kier alpha value is -1.32. The maximum absolute atomic E-state index is 5.72. The van der Waals surface area contributed by atoms with Crippen LogP contribution in [0.15, 0.2) is 0 Å². The van der Waals surface area contributed by atoms with Gasteiger partial charge in [-0.15, -0.1) is 0 Å². The molecule has 0 unspecified atom stereocenters. The molecular formula is C13H23N3O. The third-order valence-corrected chi connectivity index (χ3v) is 2.54. The second kappa shape index (κ2) is 7.09. The van der Waals surface area contributed by atoms with Crippen molar-refractivity contribution in [1.82, 2.24) is 9.97 Å². The fourth-order valence-corrected chi connectivity index (χ4v) is 1.49. The van der Waals surface area contributed by atoms with Crippen molar-refractivity contribution in [1.29, 1.82) is 0 Å². The van der Waals surface area contributed by atoms with Crippen LogP contribution in [0.3, 0.4) is 0 Å². The van der Waals surface area contributed by atoms with Crippen LogP contribution in [0, 0.1) is 6.92 Å². The molecule has 0 amide bonds. The number of ether oxygens (including phenoxy) is 1. The second-order valence-corrected chi connectivity index (χ2v) is 4.00. The normalized spacial score (nSPS) is 10.4. The number of aromatic nitrogens is 2. The van der Waals surface area contributed by atoms with E-state index in [0.717, 1.165) is 55.5 Å². The zero-order valence-electron chi connectivity index (χ0n) is 11.3. The highest BCUT2D eigenvalue weighted by atomic mass is 16.5. The Balaban J connectivity index is 2.89. The maximum atomic E-state index is 5.72. The number of unbranched alkanes of at least 4 members (excludes halogenated alkanes) is 1. The van der Waals surface area contributed by atoms with Gasteiger partial charge in [0, 0.05) is 13.0 Å². The van der Waals surface area contributed by atoms with Crippen molar-refractivity contribution >= 4 is 5.82 Å². The molecular weight excluding hydrogens is 214 g/mol. The lowest BCUT2D eigenvalue weighted by Gasteiger charge is -2.13. The molecule has 1 aromatic rings. The molecule has 0 saturated carbocycles. The van der Waals surface area contributed by atoms with Crippen molar-refractivity contribution in [3.8, 4) is 5.88 Å². The Morgan fingerprint density at radius 3 is 2.53 bits per heavy atom. The van der Waals surface area contributed by atoms with Crippen LogP contribution < -0.4 is 10.1 Å². The summed E-state index contributed by atoms with van der Waals surface area (Å²) >= 11 is 0. The van der Waals surface area contributed by atoms with E-state index in [-0.39, 0.29) is 0 Å². The summed E-state index contributed by atoms with van der Waals surface area (Å²) in [6, 6.07) is 0. The molecule has 0 spiro atoms. The first kappa shape index (κ1) is 13.7. The summed E-state index contributed by atoms with van der Waals surface area (Å²) < 4.78 is 5.72. The molecule has 0 aliphatic carbocycles. The van der Waals surface area contributed by atoms with Crippen LogP contribution in [-0.4, -0.2) is 23.1 Å². The molecule has 4 heteroatoms. The smallest absolute Gasteiger partial charge is 0.221 e. The van der Waals surface area contributed by atoms with Crippen molar-refractivity contribution in [2.75, 3.05) is 18.5 Å². The van der Waals surface area contributed by atoms with E-state index >= 15 is 0 Å². The number of hydrogen-bond donors (Lipinski definition) is 1. The van der Waals surface area contributed by atoms with Crippen LogP contribution in [-0.2, 0) is 6.42 Å². The lowest BCUT2D eigenvalue weighted by atomic mass is 10.3. The third-order valence-electron chi connectivity index (χ3n) is 2.54. The van der Waals surface area contributed by atoms with Gasteiger partial charge < -0.3 is 10.1 Å². The number of nitrogens with one attached hydrogen (secondary N) is 1. The van der Waals surface area contributed by atoms with Crippen LogP contribution in [0.1, 0.15) is 45.0 Å². The van der Waals surface area contributed by atoms with Crippen LogP contribution in [0.25, 0.3) is 0 Å². The number of aryl methyl sites for hydroxylation is 1. The highest BCUT2D eigenvalue weighted by Crippen LogP contribution is 2.22. The van der Waals surface area contributed by atoms with Gasteiger partial charge in [0.05, 0.1) is 12.2 Å². The Bertz CT molecular complexity index is 353. The zero-order chi connectivity index (χ0) is 12.7. The van der Waals surface area contributed by atoms with Crippen molar-refractivity contribution < 1.29 is 4.74 Å². The van der Waals surface area contributed by atoms with Crippen LogP contribution >= 0.6 is 0 Å². The van der Waals surface area contributed by atoms with E-state index in [1.165, 1.54) is 0 Å². The van der Waals surface area contributed by atoms with E-state index in [0.29, 0.717) is 0 Å². The van der Waals surface area contributed by atoms with Gasteiger partial charge in [-0.25, -0.2) is 4.98 Å². The molecule has 17 heavy (non-hydrogen) atoms. The Morgan fingerprint density at radius 2 is 1.94 bits per heavy atom. The minimum atomic E-state index is 0.723. The van der Waals surface area contributed by atoms with Gasteiger partial charge in [0.25, 0.3) is 0 Å². The highest BCUT2D eigenvalue weighted by Gasteiger charge is 2.10. The number of nitrogens with zero attached hydrogens (tertiary/aromatic N) is 2. The first-order chi connectivity index (χ1) is 8.22. The van der Waals surface area contributed by atoms with E-state index in [9.17, 15) is 0 Å². The summed E-state index contributed by atoms with van der Waals surface area (Å²) in [7, 11) is 0. The van der Waals surface area contributed by atoms with Gasteiger partial charge in [-0.2, -0.15) is 4.98 Å². The molecule has 4 nitrogen and oxygen atoms in total. The SMILES string of the molecule is CCCCOc1nc(CC)nc(NCC)c1C. The highest BCUT2D eigenvalue weighted by molar-refractivity contribution is 5.48. The maximum Gasteiger partial charge on any atom is 0.221 e. The van der Waals surface area contributed by atoms with Gasteiger partial charge >= 0.3 is 0 Å². The minimum absolute atomic E-state index is 0.723. The molecule has 1 heterocycles. The zero-order valence-corrected chi connectivity index (χ0v) is 11.3. The van der Waals surface area contributed by atoms with Crippen molar-refractivity contribution in [3.63, 3.8) is 0 Å². The topological polar surface area (TPSA) is 47.0 Å². The predicted molar refractivity (Wildman–Crippen MR) is 70.7 cm³/mol. The molecule has 0 bridgehead atoms. The van der Waals surface area contributed by atoms with E-state index in [4.69, 9.17) is 4.74 Å². The minimum Gasteiger partial charge on any atom is -0.477 e. The molecule has 0 atom stereocenters. The molecule has 0 aromatic carbocycles. The molecule has 0 saturated heterocycles. The predicted octanol–water partition coefficient (Wildman–Crippen LogP) is 2.96. The van der Waals surface area contributed by atoms with E-state index in [2.05, 4.69) is 36.1 Å². The monoisotopic (exact) mass is 237 g/mol. The van der Waals surface area contributed by atoms with Crippen LogP contribution in [0.5, 0.6) is 5.88 Å². The fourth-order valence-electron chi connectivity index (χ4n) is 1.49. The van der Waals surface area contributed by atoms with E-state index in [1.54, 1.807) is 0 Å². The summed E-state index contributed by atoms with van der Waals surface area (Å²) in [5.74, 6) is 2.45. The molecule has 96 valence electrons. The molecule has 0 aliphatic rings. The third kappa shape index (κ3) is 3.88. The van der Waals surface area contributed by atoms with Crippen LogP contribution in [0.4, 0.5) is 5.82 Å². The number of hydrogen-bond acceptors (Lipinski definition) is 4. The standard InChI is InChI=1S/C13H23N3O/c1-5-8-9-17-13-10(4)12(14-7-3)15-11(6-2)16-13/h5-9H2,1-4H3,(H,14,15,16). The first-order valence-corrected chi connectivity index (χ1v) is 6.47. The van der Waals surface area contributed by atoms with Crippen molar-refractivity contribution in [3.05, 3.63) is 11.4 Å². The first-order valence-electron chi connectivity index (χ1n) is 6.47. The van der Waals surface area contributed by atoms with E-state index < -0.39 is 0 Å². The molecule has 0 fully saturated rings. The summed E-state index contributed by atoms with van der Waals surface area (Å²) in [5, 5.41) is 3.25. The lowest BCUT2D eigenvalue weighted by Crippen LogP contribution is -2.09. The summed E-state index contributed by atoms with van der Waals surface area (Å²) in [6.45, 7) is 9.84. The lowest BCUT2D eigenvalue weighted by molar-refractivity contribution is 0.294. The van der Waals surface area contributed by atoms with E-state index in [1.807, 2.05) is 6.92 Å². The van der Waals surface area contributed by atoms with Crippen molar-refractivity contribution in [2.45, 2.75) is 47.0 Å². The van der Waals surface area contributed by atoms with Gasteiger partial charge in [-0.05, 0) is 20.3 Å². The number of rotatable bonds is 7. The molecule has 0 aliphatic heterocycles. The summed E-state index contributed by atoms with van der Waals surface area (Å²) in [6.07, 6.45) is 3.01. The average molecular weight is 237 g/mol. The largest absolute Gasteiger partial charge is 0.477 e. The Kier molecular flexibility index (Phi) is 5.73. The Labute approximate surface area is 104 Å². The fraction of sp³-hybridized carbons (Fsp3) is 0.692. The Morgan fingerprint density at radius 1 is 1.18 bits per heavy atom. The van der Waals surface area contributed by atoms with Crippen LogP contribution in [0.2, 0.25) is 0 Å². The van der Waals surface area contributed by atoms with Gasteiger partial charge in [-0.3, -0.25) is 0 Å². The molecule has 1 rings (SSSR count). The van der Waals surface area contributed by atoms with Gasteiger partial charge in [-0.1, -0.05) is 20.3 Å². The van der Waals surface area contributed by atoms with Crippen molar-refractivity contribution in [2.24, 2.45) is 0 Å². The second-order valence-electron chi connectivity index (χ2n) is 4.00. The summed E-state index contributed by atoms with van der Waals surface area (Å²) in [5.41, 5.74) is 1.00. The average Bonchev–Trinajstić information content (AvgIpc) is 2.34. The van der Waals surface area contributed by atoms with Gasteiger partial charge in [0.15, 0.2) is 0 Å². The molecule has 0 radical (unpaired) electrons. The van der Waals surface area contributed by atoms with Gasteiger partial charge in [0.2, 0.25) is 5.88 Å². The molecule has 1 N–H and O–H groups in total. The number of anilines is 1.